The number of nitro groups is 1. The lowest BCUT2D eigenvalue weighted by atomic mass is 10.2. The Labute approximate surface area is 125 Å². The Bertz CT molecular complexity index is 656. The highest BCUT2D eigenvalue weighted by Gasteiger charge is 2.15. The number of benzene rings is 1. The van der Waals surface area contributed by atoms with E-state index in [1.807, 2.05) is 6.26 Å². The van der Waals surface area contributed by atoms with Gasteiger partial charge in [-0.25, -0.2) is 4.98 Å². The molecule has 2 rings (SSSR count). The van der Waals surface area contributed by atoms with Gasteiger partial charge in [-0.05, 0) is 19.2 Å². The average Bonchev–Trinajstić information content (AvgIpc) is 2.48. The first-order chi connectivity index (χ1) is 10.0. The number of rotatable bonds is 5. The second kappa shape index (κ2) is 6.40. The minimum atomic E-state index is -0.436. The Balaban J connectivity index is 2.38. The number of nitrogens with zero attached hydrogens (tertiary/aromatic N) is 3. The summed E-state index contributed by atoms with van der Waals surface area (Å²) in [5, 5.41) is 14.4. The molecule has 0 spiro atoms. The number of aromatic nitrogens is 2. The first kappa shape index (κ1) is 15.0. The van der Waals surface area contributed by atoms with Crippen LogP contribution in [0.3, 0.4) is 0 Å². The summed E-state index contributed by atoms with van der Waals surface area (Å²) < 4.78 is 5.68. The molecule has 0 atom stereocenters. The number of anilines is 1. The molecule has 110 valence electrons. The zero-order valence-corrected chi connectivity index (χ0v) is 12.6. The van der Waals surface area contributed by atoms with Crippen molar-refractivity contribution in [3.63, 3.8) is 0 Å². The third-order valence-corrected chi connectivity index (χ3v) is 3.34. The van der Waals surface area contributed by atoms with Crippen LogP contribution in [0.15, 0.2) is 29.4 Å². The zero-order chi connectivity index (χ0) is 15.4. The second-order valence-electron chi connectivity index (χ2n) is 4.09. The van der Waals surface area contributed by atoms with Crippen LogP contribution in [0.5, 0.6) is 11.6 Å². The average molecular weight is 306 g/mol. The Morgan fingerprint density at radius 2 is 2.14 bits per heavy atom. The van der Waals surface area contributed by atoms with Crippen LogP contribution < -0.4 is 10.1 Å². The molecule has 0 saturated carbocycles. The standard InChI is InChI=1S/C13H14N4O3S/c1-8-9(17(18)19)5-4-6-10(8)20-12-7-11(14-2)15-13(16-12)21-3/h4-7H,1-3H3,(H,14,15,16). The molecule has 7 nitrogen and oxygen atoms in total. The van der Waals surface area contributed by atoms with Gasteiger partial charge in [0.25, 0.3) is 5.69 Å². The fourth-order valence-electron chi connectivity index (χ4n) is 1.70. The van der Waals surface area contributed by atoms with Gasteiger partial charge in [-0.3, -0.25) is 10.1 Å². The van der Waals surface area contributed by atoms with Gasteiger partial charge < -0.3 is 10.1 Å². The van der Waals surface area contributed by atoms with Crippen LogP contribution >= 0.6 is 11.8 Å². The summed E-state index contributed by atoms with van der Waals surface area (Å²) in [6, 6.07) is 6.32. The molecule has 1 N–H and O–H groups in total. The molecule has 0 amide bonds. The number of nitrogens with one attached hydrogen (secondary N) is 1. The normalized spacial score (nSPS) is 10.2. The number of ether oxygens (including phenoxy) is 1. The first-order valence-corrected chi connectivity index (χ1v) is 7.30. The molecule has 21 heavy (non-hydrogen) atoms. The van der Waals surface area contributed by atoms with E-state index in [2.05, 4.69) is 15.3 Å². The maximum absolute atomic E-state index is 10.9. The fraction of sp³-hybridized carbons (Fsp3) is 0.231. The Morgan fingerprint density at radius 3 is 2.76 bits per heavy atom. The van der Waals surface area contributed by atoms with Gasteiger partial charge in [0.2, 0.25) is 5.88 Å². The van der Waals surface area contributed by atoms with Crippen LogP contribution in [-0.2, 0) is 0 Å². The molecule has 8 heteroatoms. The molecule has 0 unspecified atom stereocenters. The van der Waals surface area contributed by atoms with Crippen molar-refractivity contribution in [3.05, 3.63) is 39.9 Å². The van der Waals surface area contributed by atoms with Crippen molar-refractivity contribution in [2.75, 3.05) is 18.6 Å². The molecule has 0 fully saturated rings. The SMILES string of the molecule is CNc1cc(Oc2cccc([N+](=O)[O-])c2C)nc(SC)n1. The number of hydrogen-bond acceptors (Lipinski definition) is 7. The Hall–Kier alpha value is -2.35. The van der Waals surface area contributed by atoms with Crippen LogP contribution in [0.25, 0.3) is 0 Å². The van der Waals surface area contributed by atoms with E-state index in [1.165, 1.54) is 17.8 Å². The highest BCUT2D eigenvalue weighted by atomic mass is 32.2. The maximum atomic E-state index is 10.9. The van der Waals surface area contributed by atoms with Gasteiger partial charge in [0.1, 0.15) is 11.6 Å². The smallest absolute Gasteiger partial charge is 0.276 e. The van der Waals surface area contributed by atoms with Crippen LogP contribution in [0.4, 0.5) is 11.5 Å². The van der Waals surface area contributed by atoms with Crippen LogP contribution in [-0.4, -0.2) is 28.2 Å². The van der Waals surface area contributed by atoms with Crippen molar-refractivity contribution in [1.29, 1.82) is 0 Å². The van der Waals surface area contributed by atoms with Gasteiger partial charge in [0.05, 0.1) is 10.5 Å². The third-order valence-electron chi connectivity index (χ3n) is 2.79. The third kappa shape index (κ3) is 3.40. The van der Waals surface area contributed by atoms with E-state index < -0.39 is 4.92 Å². The van der Waals surface area contributed by atoms with Gasteiger partial charge in [0, 0.05) is 19.2 Å². The largest absolute Gasteiger partial charge is 0.438 e. The first-order valence-electron chi connectivity index (χ1n) is 6.08. The lowest BCUT2D eigenvalue weighted by Gasteiger charge is -2.10. The van der Waals surface area contributed by atoms with E-state index in [-0.39, 0.29) is 5.69 Å². The molecule has 0 radical (unpaired) electrons. The molecule has 0 aliphatic heterocycles. The van der Waals surface area contributed by atoms with Crippen molar-refractivity contribution >= 4 is 23.3 Å². The molecule has 0 aliphatic carbocycles. The second-order valence-corrected chi connectivity index (χ2v) is 4.86. The van der Waals surface area contributed by atoms with Gasteiger partial charge in [-0.1, -0.05) is 17.8 Å². The van der Waals surface area contributed by atoms with E-state index in [9.17, 15) is 10.1 Å². The molecule has 0 aliphatic rings. The van der Waals surface area contributed by atoms with E-state index in [0.717, 1.165) is 0 Å². The van der Waals surface area contributed by atoms with Crippen LogP contribution in [0.1, 0.15) is 5.56 Å². The van der Waals surface area contributed by atoms with Gasteiger partial charge >= 0.3 is 0 Å². The van der Waals surface area contributed by atoms with E-state index in [4.69, 9.17) is 4.74 Å². The zero-order valence-electron chi connectivity index (χ0n) is 11.8. The summed E-state index contributed by atoms with van der Waals surface area (Å²) >= 11 is 1.38. The minimum absolute atomic E-state index is 0.0143. The lowest BCUT2D eigenvalue weighted by Crippen LogP contribution is -1.99. The molecule has 1 aromatic heterocycles. The van der Waals surface area contributed by atoms with Gasteiger partial charge in [-0.15, -0.1) is 0 Å². The molecular formula is C13H14N4O3S. The quantitative estimate of drug-likeness (QED) is 0.392. The summed E-state index contributed by atoms with van der Waals surface area (Å²) in [7, 11) is 1.74. The molecule has 1 heterocycles. The molecule has 0 saturated heterocycles. The summed E-state index contributed by atoms with van der Waals surface area (Å²) in [5.41, 5.74) is 0.471. The highest BCUT2D eigenvalue weighted by molar-refractivity contribution is 7.98. The highest BCUT2D eigenvalue weighted by Crippen LogP contribution is 2.31. The predicted octanol–water partition coefficient (Wildman–Crippen LogP) is 3.25. The van der Waals surface area contributed by atoms with Crippen molar-refractivity contribution in [2.45, 2.75) is 12.1 Å². The minimum Gasteiger partial charge on any atom is -0.438 e. The topological polar surface area (TPSA) is 90.2 Å². The van der Waals surface area contributed by atoms with Gasteiger partial charge in [-0.2, -0.15) is 4.98 Å². The maximum Gasteiger partial charge on any atom is 0.276 e. The van der Waals surface area contributed by atoms with Gasteiger partial charge in [0.15, 0.2) is 5.16 Å². The summed E-state index contributed by atoms with van der Waals surface area (Å²) in [6.07, 6.45) is 1.86. The van der Waals surface area contributed by atoms with Crippen LogP contribution in [0, 0.1) is 17.0 Å². The van der Waals surface area contributed by atoms with E-state index in [0.29, 0.717) is 28.2 Å². The Kier molecular flexibility index (Phi) is 4.59. The Morgan fingerprint density at radius 1 is 1.38 bits per heavy atom. The lowest BCUT2D eigenvalue weighted by molar-refractivity contribution is -0.385. The number of hydrogen-bond donors (Lipinski definition) is 1. The van der Waals surface area contributed by atoms with E-state index in [1.54, 1.807) is 32.2 Å². The molecular weight excluding hydrogens is 292 g/mol. The molecule has 2 aromatic rings. The van der Waals surface area contributed by atoms with E-state index >= 15 is 0 Å². The molecule has 1 aromatic carbocycles. The summed E-state index contributed by atoms with van der Waals surface area (Å²) in [6.45, 7) is 1.64. The van der Waals surface area contributed by atoms with Crippen molar-refractivity contribution in [3.8, 4) is 11.6 Å². The predicted molar refractivity (Wildman–Crippen MR) is 81.3 cm³/mol. The van der Waals surface area contributed by atoms with Crippen molar-refractivity contribution < 1.29 is 9.66 Å². The number of nitro benzene ring substituents is 1. The van der Waals surface area contributed by atoms with Crippen molar-refractivity contribution in [1.82, 2.24) is 9.97 Å². The summed E-state index contributed by atoms with van der Waals surface area (Å²) in [5.74, 6) is 1.35. The number of thioether (sulfide) groups is 1. The fourth-order valence-corrected chi connectivity index (χ4v) is 2.07. The van der Waals surface area contributed by atoms with Crippen LogP contribution in [0.2, 0.25) is 0 Å². The monoisotopic (exact) mass is 306 g/mol. The molecule has 0 bridgehead atoms. The van der Waals surface area contributed by atoms with Crippen molar-refractivity contribution in [2.24, 2.45) is 0 Å². The summed E-state index contributed by atoms with van der Waals surface area (Å²) in [4.78, 5) is 19.0.